The maximum atomic E-state index is 12.1. The van der Waals surface area contributed by atoms with Gasteiger partial charge in [0.25, 0.3) is 5.91 Å². The number of hydrogen-bond acceptors (Lipinski definition) is 5. The maximum absolute atomic E-state index is 12.1. The third-order valence-electron chi connectivity index (χ3n) is 2.87. The number of benzene rings is 1. The number of amides is 1. The van der Waals surface area contributed by atoms with Crippen molar-refractivity contribution in [2.45, 2.75) is 6.92 Å². The molecule has 22 heavy (non-hydrogen) atoms. The Hall–Kier alpha value is -1.99. The summed E-state index contributed by atoms with van der Waals surface area (Å²) < 4.78 is 5.76. The molecule has 0 fully saturated rings. The van der Waals surface area contributed by atoms with Crippen LogP contribution in [0.1, 0.15) is 16.1 Å². The Bertz CT molecular complexity index is 646. The van der Waals surface area contributed by atoms with E-state index in [1.54, 1.807) is 7.11 Å². The number of nitrogens with one attached hydrogen (secondary N) is 2. The number of methoxy groups -OCH3 is 1. The van der Waals surface area contributed by atoms with Crippen LogP contribution in [-0.2, 0) is 4.74 Å². The molecule has 2 N–H and O–H groups in total. The Kier molecular flexibility index (Phi) is 5.85. The zero-order chi connectivity index (χ0) is 15.9. The van der Waals surface area contributed by atoms with Crippen LogP contribution in [-0.4, -0.2) is 36.1 Å². The number of carbonyl (C=O) groups is 1. The number of aryl methyl sites for hydroxylation is 1. The number of rotatable bonds is 6. The number of nitrogens with zero attached hydrogens (tertiary/aromatic N) is 2. The van der Waals surface area contributed by atoms with E-state index in [1.165, 1.54) is 12.4 Å². The molecule has 0 radical (unpaired) electrons. The molecule has 0 saturated heterocycles. The van der Waals surface area contributed by atoms with E-state index in [9.17, 15) is 4.79 Å². The van der Waals surface area contributed by atoms with Gasteiger partial charge in [0, 0.05) is 18.1 Å². The molecule has 1 aromatic heterocycles. The summed E-state index contributed by atoms with van der Waals surface area (Å²) in [7, 11) is 1.63. The summed E-state index contributed by atoms with van der Waals surface area (Å²) in [6.45, 7) is 3.19. The van der Waals surface area contributed by atoms with E-state index in [2.05, 4.69) is 36.5 Å². The molecule has 0 saturated carbocycles. The van der Waals surface area contributed by atoms with E-state index >= 15 is 0 Å². The van der Waals surface area contributed by atoms with Gasteiger partial charge >= 0.3 is 0 Å². The van der Waals surface area contributed by atoms with Gasteiger partial charge in [0.2, 0.25) is 0 Å². The second kappa shape index (κ2) is 7.86. The first kappa shape index (κ1) is 16.4. The molecule has 0 bridgehead atoms. The van der Waals surface area contributed by atoms with Gasteiger partial charge in [-0.25, -0.2) is 9.97 Å². The molecule has 0 atom stereocenters. The molecule has 0 aliphatic heterocycles. The van der Waals surface area contributed by atoms with E-state index in [1.807, 2.05) is 25.1 Å². The summed E-state index contributed by atoms with van der Waals surface area (Å²) in [5.41, 5.74) is 2.06. The molecule has 116 valence electrons. The SMILES string of the molecule is COCCNc1cnc(C(=O)Nc2ccc(C)cc2Br)cn1. The second-order valence-electron chi connectivity index (χ2n) is 4.64. The average Bonchev–Trinajstić information content (AvgIpc) is 2.51. The molecule has 7 heteroatoms. The molecule has 0 aliphatic rings. The summed E-state index contributed by atoms with van der Waals surface area (Å²) >= 11 is 3.42. The summed E-state index contributed by atoms with van der Waals surface area (Å²) in [5, 5.41) is 5.84. The maximum Gasteiger partial charge on any atom is 0.275 e. The van der Waals surface area contributed by atoms with Crippen LogP contribution < -0.4 is 10.6 Å². The number of halogens is 1. The van der Waals surface area contributed by atoms with E-state index in [0.29, 0.717) is 24.7 Å². The van der Waals surface area contributed by atoms with Crippen molar-refractivity contribution in [3.63, 3.8) is 0 Å². The fourth-order valence-corrected chi connectivity index (χ4v) is 2.32. The highest BCUT2D eigenvalue weighted by atomic mass is 79.9. The van der Waals surface area contributed by atoms with Gasteiger partial charge < -0.3 is 15.4 Å². The lowest BCUT2D eigenvalue weighted by Crippen LogP contribution is -2.15. The minimum Gasteiger partial charge on any atom is -0.383 e. The number of anilines is 2. The molecule has 0 aliphatic carbocycles. The van der Waals surface area contributed by atoms with Crippen LogP contribution in [0.5, 0.6) is 0 Å². The molecule has 0 unspecified atom stereocenters. The van der Waals surface area contributed by atoms with Crippen molar-refractivity contribution in [2.75, 3.05) is 30.9 Å². The Morgan fingerprint density at radius 1 is 1.32 bits per heavy atom. The van der Waals surface area contributed by atoms with Crippen LogP contribution in [0.25, 0.3) is 0 Å². The van der Waals surface area contributed by atoms with Gasteiger partial charge in [-0.1, -0.05) is 6.07 Å². The van der Waals surface area contributed by atoms with Crippen molar-refractivity contribution in [2.24, 2.45) is 0 Å². The van der Waals surface area contributed by atoms with Crippen LogP contribution in [0.15, 0.2) is 35.1 Å². The smallest absolute Gasteiger partial charge is 0.275 e. The van der Waals surface area contributed by atoms with Crippen molar-refractivity contribution < 1.29 is 9.53 Å². The second-order valence-corrected chi connectivity index (χ2v) is 5.50. The summed E-state index contributed by atoms with van der Waals surface area (Å²) in [5.74, 6) is 0.297. The monoisotopic (exact) mass is 364 g/mol. The summed E-state index contributed by atoms with van der Waals surface area (Å²) in [6.07, 6.45) is 2.96. The first-order valence-electron chi connectivity index (χ1n) is 6.72. The van der Waals surface area contributed by atoms with Crippen molar-refractivity contribution in [1.29, 1.82) is 0 Å². The largest absolute Gasteiger partial charge is 0.383 e. The summed E-state index contributed by atoms with van der Waals surface area (Å²) in [4.78, 5) is 20.4. The lowest BCUT2D eigenvalue weighted by Gasteiger charge is -2.08. The zero-order valence-electron chi connectivity index (χ0n) is 12.4. The van der Waals surface area contributed by atoms with Crippen molar-refractivity contribution in [1.82, 2.24) is 9.97 Å². The lowest BCUT2D eigenvalue weighted by atomic mass is 10.2. The lowest BCUT2D eigenvalue weighted by molar-refractivity contribution is 0.102. The van der Waals surface area contributed by atoms with Gasteiger partial charge in [-0.05, 0) is 40.5 Å². The highest BCUT2D eigenvalue weighted by molar-refractivity contribution is 9.10. The molecular formula is C15H17BrN4O2. The fourth-order valence-electron chi connectivity index (χ4n) is 1.73. The van der Waals surface area contributed by atoms with Gasteiger partial charge in [-0.2, -0.15) is 0 Å². The van der Waals surface area contributed by atoms with Crippen molar-refractivity contribution in [3.05, 3.63) is 46.3 Å². The van der Waals surface area contributed by atoms with E-state index in [-0.39, 0.29) is 11.6 Å². The standard InChI is InChI=1S/C15H17BrN4O2/c1-10-3-4-12(11(16)7-10)20-15(21)13-8-19-14(9-18-13)17-5-6-22-2/h3-4,7-9H,5-6H2,1-2H3,(H,17,19)(H,20,21). The molecule has 2 rings (SSSR count). The van der Waals surface area contributed by atoms with Crippen LogP contribution in [0.4, 0.5) is 11.5 Å². The molecule has 1 heterocycles. The average molecular weight is 365 g/mol. The quantitative estimate of drug-likeness (QED) is 0.770. The highest BCUT2D eigenvalue weighted by Crippen LogP contribution is 2.23. The number of aromatic nitrogens is 2. The van der Waals surface area contributed by atoms with Crippen molar-refractivity contribution in [3.8, 4) is 0 Å². The topological polar surface area (TPSA) is 76.1 Å². The van der Waals surface area contributed by atoms with E-state index in [0.717, 1.165) is 10.0 Å². The number of hydrogen-bond donors (Lipinski definition) is 2. The van der Waals surface area contributed by atoms with Crippen molar-refractivity contribution >= 4 is 33.3 Å². The van der Waals surface area contributed by atoms with E-state index in [4.69, 9.17) is 4.74 Å². The minimum atomic E-state index is -0.305. The third-order valence-corrected chi connectivity index (χ3v) is 3.53. The van der Waals surface area contributed by atoms with Gasteiger partial charge in [-0.15, -0.1) is 0 Å². The van der Waals surface area contributed by atoms with Crippen LogP contribution in [0.3, 0.4) is 0 Å². The van der Waals surface area contributed by atoms with E-state index < -0.39 is 0 Å². The predicted molar refractivity (Wildman–Crippen MR) is 89.2 cm³/mol. The Morgan fingerprint density at radius 2 is 2.14 bits per heavy atom. The zero-order valence-corrected chi connectivity index (χ0v) is 14.0. The number of ether oxygens (including phenoxy) is 1. The Morgan fingerprint density at radius 3 is 2.77 bits per heavy atom. The van der Waals surface area contributed by atoms with Gasteiger partial charge in [-0.3, -0.25) is 4.79 Å². The summed E-state index contributed by atoms with van der Waals surface area (Å²) in [6, 6.07) is 5.70. The first-order chi connectivity index (χ1) is 10.6. The molecule has 0 spiro atoms. The normalized spacial score (nSPS) is 10.3. The molecule has 1 amide bonds. The Balaban J connectivity index is 2.00. The molecule has 2 aromatic rings. The predicted octanol–water partition coefficient (Wildman–Crippen LogP) is 2.86. The highest BCUT2D eigenvalue weighted by Gasteiger charge is 2.10. The molecule has 6 nitrogen and oxygen atoms in total. The van der Waals surface area contributed by atoms with Gasteiger partial charge in [0.1, 0.15) is 11.5 Å². The van der Waals surface area contributed by atoms with Gasteiger partial charge in [0.05, 0.1) is 24.7 Å². The minimum absolute atomic E-state index is 0.254. The third kappa shape index (κ3) is 4.51. The fraction of sp³-hybridized carbons (Fsp3) is 0.267. The first-order valence-corrected chi connectivity index (χ1v) is 7.52. The Labute approximate surface area is 137 Å². The molecule has 1 aromatic carbocycles. The van der Waals surface area contributed by atoms with Crippen LogP contribution >= 0.6 is 15.9 Å². The van der Waals surface area contributed by atoms with Crippen LogP contribution in [0, 0.1) is 6.92 Å². The number of carbonyl (C=O) groups excluding carboxylic acids is 1. The van der Waals surface area contributed by atoms with Crippen LogP contribution in [0.2, 0.25) is 0 Å². The van der Waals surface area contributed by atoms with Gasteiger partial charge in [0.15, 0.2) is 0 Å². The molecular weight excluding hydrogens is 348 g/mol.